The maximum atomic E-state index is 9.86. The standard InChI is InChI=1S/C7H11NO/c1-7(2,8-5-9)6-3-4-6/h6H,3-4H2,1-2H3. The van der Waals surface area contributed by atoms with E-state index in [1.54, 1.807) is 6.08 Å². The van der Waals surface area contributed by atoms with Crippen LogP contribution in [-0.2, 0) is 4.79 Å². The fraction of sp³-hybridized carbons (Fsp3) is 0.857. The lowest BCUT2D eigenvalue weighted by molar-refractivity contribution is 0.448. The van der Waals surface area contributed by atoms with Gasteiger partial charge in [-0.15, -0.1) is 0 Å². The molecule has 0 amide bonds. The van der Waals surface area contributed by atoms with E-state index in [4.69, 9.17) is 0 Å². The fourth-order valence-electron chi connectivity index (χ4n) is 0.999. The molecule has 2 nitrogen and oxygen atoms in total. The molecule has 0 radical (unpaired) electrons. The number of hydrogen-bond donors (Lipinski definition) is 0. The zero-order chi connectivity index (χ0) is 6.91. The van der Waals surface area contributed by atoms with E-state index in [2.05, 4.69) is 4.99 Å². The summed E-state index contributed by atoms with van der Waals surface area (Å²) in [7, 11) is 0. The molecule has 0 saturated heterocycles. The first-order valence-corrected chi connectivity index (χ1v) is 3.26. The Morgan fingerprint density at radius 1 is 1.56 bits per heavy atom. The van der Waals surface area contributed by atoms with Gasteiger partial charge >= 0.3 is 0 Å². The average Bonchev–Trinajstić information content (AvgIpc) is 2.41. The van der Waals surface area contributed by atoms with Crippen LogP contribution in [0.4, 0.5) is 0 Å². The monoisotopic (exact) mass is 125 g/mol. The van der Waals surface area contributed by atoms with Gasteiger partial charge in [0.1, 0.15) is 0 Å². The Balaban J connectivity index is 2.58. The van der Waals surface area contributed by atoms with E-state index in [9.17, 15) is 4.79 Å². The van der Waals surface area contributed by atoms with Gasteiger partial charge in [0.05, 0.1) is 5.54 Å². The predicted octanol–water partition coefficient (Wildman–Crippen LogP) is 1.51. The summed E-state index contributed by atoms with van der Waals surface area (Å²) in [6.07, 6.45) is 4.05. The Bertz CT molecular complexity index is 152. The summed E-state index contributed by atoms with van der Waals surface area (Å²) in [6.45, 7) is 3.96. The van der Waals surface area contributed by atoms with Crippen molar-refractivity contribution in [2.75, 3.05) is 0 Å². The van der Waals surface area contributed by atoms with Gasteiger partial charge in [-0.2, -0.15) is 4.99 Å². The van der Waals surface area contributed by atoms with Gasteiger partial charge < -0.3 is 0 Å². The van der Waals surface area contributed by atoms with Crippen LogP contribution >= 0.6 is 0 Å². The topological polar surface area (TPSA) is 29.4 Å². The van der Waals surface area contributed by atoms with Gasteiger partial charge in [0.15, 0.2) is 0 Å². The highest BCUT2D eigenvalue weighted by Crippen LogP contribution is 2.41. The Morgan fingerprint density at radius 3 is 2.44 bits per heavy atom. The summed E-state index contributed by atoms with van der Waals surface area (Å²) in [5, 5.41) is 0. The molecule has 0 aliphatic heterocycles. The largest absolute Gasteiger partial charge is 0.235 e. The first kappa shape index (κ1) is 6.50. The summed E-state index contributed by atoms with van der Waals surface area (Å²) >= 11 is 0. The summed E-state index contributed by atoms with van der Waals surface area (Å²) in [4.78, 5) is 13.6. The number of carbonyl (C=O) groups excluding carboxylic acids is 1. The van der Waals surface area contributed by atoms with Crippen molar-refractivity contribution in [1.82, 2.24) is 0 Å². The zero-order valence-electron chi connectivity index (χ0n) is 5.85. The molecule has 0 aromatic heterocycles. The fourth-order valence-corrected chi connectivity index (χ4v) is 0.999. The molecule has 0 bridgehead atoms. The maximum absolute atomic E-state index is 9.86. The highest BCUT2D eigenvalue weighted by atomic mass is 16.1. The number of rotatable bonds is 2. The van der Waals surface area contributed by atoms with Crippen LogP contribution in [0, 0.1) is 5.92 Å². The molecule has 1 fully saturated rings. The minimum Gasteiger partial charge on any atom is -0.211 e. The molecule has 2 heteroatoms. The lowest BCUT2D eigenvalue weighted by Gasteiger charge is -2.14. The third kappa shape index (κ3) is 1.39. The second-order valence-corrected chi connectivity index (χ2v) is 3.13. The molecule has 1 rings (SSSR count). The number of nitrogens with zero attached hydrogens (tertiary/aromatic N) is 1. The van der Waals surface area contributed by atoms with E-state index in [-0.39, 0.29) is 5.54 Å². The molecule has 0 unspecified atom stereocenters. The summed E-state index contributed by atoms with van der Waals surface area (Å²) in [5.74, 6) is 0.638. The van der Waals surface area contributed by atoms with Crippen molar-refractivity contribution in [3.8, 4) is 0 Å². The Kier molecular flexibility index (Phi) is 1.42. The van der Waals surface area contributed by atoms with Crippen LogP contribution in [0.15, 0.2) is 4.99 Å². The SMILES string of the molecule is CC(C)(N=C=O)C1CC1. The molecule has 0 atom stereocenters. The molecule has 9 heavy (non-hydrogen) atoms. The lowest BCUT2D eigenvalue weighted by Crippen LogP contribution is -2.18. The highest BCUT2D eigenvalue weighted by molar-refractivity contribution is 5.35. The molecule has 0 aromatic rings. The Hall–Kier alpha value is -0.620. The lowest BCUT2D eigenvalue weighted by atomic mass is 10.0. The molecule has 1 saturated carbocycles. The Labute approximate surface area is 55.0 Å². The van der Waals surface area contributed by atoms with Gasteiger partial charge in [0.25, 0.3) is 0 Å². The van der Waals surface area contributed by atoms with E-state index in [0.29, 0.717) is 5.92 Å². The minimum absolute atomic E-state index is 0.137. The molecule has 0 heterocycles. The second-order valence-electron chi connectivity index (χ2n) is 3.13. The molecule has 50 valence electrons. The van der Waals surface area contributed by atoms with Crippen LogP contribution in [-0.4, -0.2) is 11.6 Å². The van der Waals surface area contributed by atoms with E-state index in [1.165, 1.54) is 12.8 Å². The van der Waals surface area contributed by atoms with Crippen LogP contribution in [0.3, 0.4) is 0 Å². The van der Waals surface area contributed by atoms with Gasteiger partial charge in [0, 0.05) is 0 Å². The molecule has 0 aromatic carbocycles. The number of isocyanates is 1. The first-order valence-electron chi connectivity index (χ1n) is 3.26. The van der Waals surface area contributed by atoms with E-state index >= 15 is 0 Å². The molecular formula is C7H11NO. The molecule has 0 spiro atoms. The molecular weight excluding hydrogens is 114 g/mol. The van der Waals surface area contributed by atoms with Crippen molar-refractivity contribution < 1.29 is 4.79 Å². The molecule has 1 aliphatic rings. The average molecular weight is 125 g/mol. The third-order valence-electron chi connectivity index (χ3n) is 1.91. The van der Waals surface area contributed by atoms with Gasteiger partial charge in [-0.3, -0.25) is 0 Å². The summed E-state index contributed by atoms with van der Waals surface area (Å²) in [5.41, 5.74) is -0.137. The molecule has 1 aliphatic carbocycles. The van der Waals surface area contributed by atoms with Crippen molar-refractivity contribution in [3.05, 3.63) is 0 Å². The highest BCUT2D eigenvalue weighted by Gasteiger charge is 2.37. The van der Waals surface area contributed by atoms with Crippen molar-refractivity contribution in [2.24, 2.45) is 10.9 Å². The van der Waals surface area contributed by atoms with Gasteiger partial charge in [-0.05, 0) is 32.6 Å². The molecule has 0 N–H and O–H groups in total. The van der Waals surface area contributed by atoms with Crippen molar-refractivity contribution >= 4 is 6.08 Å². The van der Waals surface area contributed by atoms with Crippen molar-refractivity contribution in [1.29, 1.82) is 0 Å². The van der Waals surface area contributed by atoms with Crippen LogP contribution < -0.4 is 0 Å². The van der Waals surface area contributed by atoms with E-state index in [0.717, 1.165) is 0 Å². The van der Waals surface area contributed by atoms with Gasteiger partial charge in [0.2, 0.25) is 6.08 Å². The quantitative estimate of drug-likeness (QED) is 0.406. The smallest absolute Gasteiger partial charge is 0.211 e. The van der Waals surface area contributed by atoms with Crippen molar-refractivity contribution in [2.45, 2.75) is 32.2 Å². The Morgan fingerprint density at radius 2 is 2.11 bits per heavy atom. The van der Waals surface area contributed by atoms with Crippen molar-refractivity contribution in [3.63, 3.8) is 0 Å². The zero-order valence-corrected chi connectivity index (χ0v) is 5.85. The normalized spacial score (nSPS) is 18.9. The van der Waals surface area contributed by atoms with E-state index < -0.39 is 0 Å². The van der Waals surface area contributed by atoms with Crippen LogP contribution in [0.1, 0.15) is 26.7 Å². The number of hydrogen-bond acceptors (Lipinski definition) is 2. The van der Waals surface area contributed by atoms with Crippen LogP contribution in [0.25, 0.3) is 0 Å². The minimum atomic E-state index is -0.137. The number of aliphatic imine (C=N–C) groups is 1. The van der Waals surface area contributed by atoms with Crippen LogP contribution in [0.5, 0.6) is 0 Å². The van der Waals surface area contributed by atoms with Crippen LogP contribution in [0.2, 0.25) is 0 Å². The summed E-state index contributed by atoms with van der Waals surface area (Å²) < 4.78 is 0. The van der Waals surface area contributed by atoms with Gasteiger partial charge in [-0.25, -0.2) is 4.79 Å². The summed E-state index contributed by atoms with van der Waals surface area (Å²) in [6, 6.07) is 0. The third-order valence-corrected chi connectivity index (χ3v) is 1.91. The first-order chi connectivity index (χ1) is 4.17. The second kappa shape index (κ2) is 1.96. The van der Waals surface area contributed by atoms with E-state index in [1.807, 2.05) is 13.8 Å². The maximum Gasteiger partial charge on any atom is 0.235 e. The van der Waals surface area contributed by atoms with Gasteiger partial charge in [-0.1, -0.05) is 0 Å². The predicted molar refractivity (Wildman–Crippen MR) is 34.9 cm³/mol.